The molecule has 3 aliphatic rings. The van der Waals surface area contributed by atoms with Crippen molar-refractivity contribution in [3.05, 3.63) is 29.5 Å². The van der Waals surface area contributed by atoms with Crippen molar-refractivity contribution < 1.29 is 9.59 Å². The van der Waals surface area contributed by atoms with Crippen LogP contribution in [0.1, 0.15) is 55.9 Å². The number of likely N-dealkylation sites (tertiary alicyclic amines) is 1. The lowest BCUT2D eigenvalue weighted by molar-refractivity contribution is -0.123. The molecule has 3 aromatic rings. The topological polar surface area (TPSA) is 95.7 Å². The normalized spacial score (nSPS) is 19.1. The van der Waals surface area contributed by atoms with Crippen LogP contribution < -0.4 is 10.2 Å². The minimum absolute atomic E-state index is 0. The number of hydrogen-bond donors (Lipinski definition) is 1. The number of rotatable bonds is 7. The Morgan fingerprint density at radius 2 is 1.89 bits per heavy atom. The maximum Gasteiger partial charge on any atom is 0.272 e. The van der Waals surface area contributed by atoms with Crippen molar-refractivity contribution in [3.63, 3.8) is 0 Å². The molecule has 36 heavy (non-hydrogen) atoms. The molecule has 4 heterocycles. The van der Waals surface area contributed by atoms with Crippen LogP contribution in [0.25, 0.3) is 16.2 Å². The lowest BCUT2D eigenvalue weighted by Crippen LogP contribution is -2.47. The fourth-order valence-corrected chi connectivity index (χ4v) is 5.67. The molecule has 3 aromatic heterocycles. The highest BCUT2D eigenvalue weighted by Crippen LogP contribution is 2.36. The second-order valence-electron chi connectivity index (χ2n) is 10.2. The molecule has 1 atom stereocenters. The smallest absolute Gasteiger partial charge is 0.272 e. The zero-order valence-corrected chi connectivity index (χ0v) is 22.2. The molecule has 9 nitrogen and oxygen atoms in total. The van der Waals surface area contributed by atoms with Crippen molar-refractivity contribution in [1.82, 2.24) is 29.8 Å². The number of hydrogen-bond acceptors (Lipinski definition) is 7. The second kappa shape index (κ2) is 9.97. The van der Waals surface area contributed by atoms with E-state index in [2.05, 4.69) is 29.3 Å². The van der Waals surface area contributed by atoms with Crippen LogP contribution in [0, 0.1) is 11.8 Å². The van der Waals surface area contributed by atoms with Crippen LogP contribution in [0.3, 0.4) is 0 Å². The first-order valence-corrected chi connectivity index (χ1v) is 13.5. The summed E-state index contributed by atoms with van der Waals surface area (Å²) in [5, 5.41) is 9.56. The Hall–Kier alpha value is -2.72. The molecule has 0 bridgehead atoms. The first kappa shape index (κ1) is 25.0. The highest BCUT2D eigenvalue weighted by Gasteiger charge is 2.34. The maximum atomic E-state index is 13.6. The highest BCUT2D eigenvalue weighted by atomic mass is 35.5. The average molecular weight is 530 g/mol. The molecular formula is C25H32ClN7O2S. The molecule has 2 aliphatic carbocycles. The summed E-state index contributed by atoms with van der Waals surface area (Å²) in [5.74, 6) is 2.27. The van der Waals surface area contributed by atoms with Crippen LogP contribution >= 0.6 is 23.7 Å². The van der Waals surface area contributed by atoms with E-state index in [9.17, 15) is 9.59 Å². The van der Waals surface area contributed by atoms with Crippen molar-refractivity contribution >= 4 is 46.2 Å². The molecular weight excluding hydrogens is 498 g/mol. The van der Waals surface area contributed by atoms with Gasteiger partial charge in [-0.05, 0) is 51.4 Å². The standard InChI is InChI=1S/C25H31N7O2S.ClH/c1-15(16-3-4-16)30(2)21-13-20(28-22(29-21)19-14-26-32-11-12-35-25(19)32)24(34)31-9-7-18(8-10-31)27-23(33)17-5-6-17;/h11-18H,3-10H2,1-2H3,(H,27,33);1H/t15-;/m0./s1. The number of halogens is 1. The Kier molecular flexibility index (Phi) is 6.91. The van der Waals surface area contributed by atoms with Crippen LogP contribution in [-0.2, 0) is 4.79 Å². The SMILES string of the molecule is C[C@@H](C1CC1)N(C)c1cc(C(=O)N2CCC(NC(=O)C3CC3)CC2)nc(-c2cnn3ccsc23)n1.Cl. The predicted octanol–water partition coefficient (Wildman–Crippen LogP) is 3.64. The number of carbonyl (C=O) groups excluding carboxylic acids is 2. The Balaban J connectivity index is 0.00000267. The lowest BCUT2D eigenvalue weighted by atomic mass is 10.0. The van der Waals surface area contributed by atoms with E-state index >= 15 is 0 Å². The Labute approximate surface area is 220 Å². The van der Waals surface area contributed by atoms with Crippen molar-refractivity contribution in [2.45, 2.75) is 57.5 Å². The van der Waals surface area contributed by atoms with E-state index in [0.717, 1.165) is 41.9 Å². The van der Waals surface area contributed by atoms with Gasteiger partial charge in [0.15, 0.2) is 5.82 Å². The van der Waals surface area contributed by atoms with Gasteiger partial charge in [-0.15, -0.1) is 23.7 Å². The Morgan fingerprint density at radius 3 is 2.58 bits per heavy atom. The largest absolute Gasteiger partial charge is 0.357 e. The number of nitrogens with zero attached hydrogens (tertiary/aromatic N) is 6. The number of fused-ring (bicyclic) bond motifs is 1. The van der Waals surface area contributed by atoms with E-state index in [1.54, 1.807) is 17.5 Å². The summed E-state index contributed by atoms with van der Waals surface area (Å²) in [7, 11) is 2.05. The van der Waals surface area contributed by atoms with Crippen LogP contribution in [-0.4, -0.2) is 68.5 Å². The average Bonchev–Trinajstić information content (AvgIpc) is 3.80. The van der Waals surface area contributed by atoms with Gasteiger partial charge in [-0.25, -0.2) is 14.5 Å². The van der Waals surface area contributed by atoms with Gasteiger partial charge in [-0.3, -0.25) is 9.59 Å². The van der Waals surface area contributed by atoms with E-state index in [-0.39, 0.29) is 36.2 Å². The summed E-state index contributed by atoms with van der Waals surface area (Å²) in [6, 6.07) is 2.33. The van der Waals surface area contributed by atoms with Crippen LogP contribution in [0.5, 0.6) is 0 Å². The van der Waals surface area contributed by atoms with Gasteiger partial charge in [0.1, 0.15) is 16.3 Å². The zero-order chi connectivity index (χ0) is 24.1. The minimum Gasteiger partial charge on any atom is -0.357 e. The van der Waals surface area contributed by atoms with Gasteiger partial charge in [-0.2, -0.15) is 5.10 Å². The lowest BCUT2D eigenvalue weighted by Gasteiger charge is -2.32. The zero-order valence-electron chi connectivity index (χ0n) is 20.6. The fraction of sp³-hybridized carbons (Fsp3) is 0.560. The van der Waals surface area contributed by atoms with E-state index in [4.69, 9.17) is 9.97 Å². The number of anilines is 1. The van der Waals surface area contributed by atoms with Gasteiger partial charge in [0.25, 0.3) is 5.91 Å². The third-order valence-corrected chi connectivity index (χ3v) is 8.55. The minimum atomic E-state index is -0.0797. The quantitative estimate of drug-likeness (QED) is 0.502. The molecule has 0 aromatic carbocycles. The molecule has 2 amide bonds. The Bertz CT molecular complexity index is 1260. The van der Waals surface area contributed by atoms with Gasteiger partial charge in [0, 0.05) is 55.8 Å². The number of piperidine rings is 1. The summed E-state index contributed by atoms with van der Waals surface area (Å²) in [6.45, 7) is 3.44. The van der Waals surface area contributed by atoms with Gasteiger partial charge >= 0.3 is 0 Å². The van der Waals surface area contributed by atoms with Crippen molar-refractivity contribution in [3.8, 4) is 11.4 Å². The van der Waals surface area contributed by atoms with E-state index in [1.807, 2.05) is 27.1 Å². The van der Waals surface area contributed by atoms with Crippen LogP contribution in [0.4, 0.5) is 5.82 Å². The van der Waals surface area contributed by atoms with Crippen LogP contribution in [0.15, 0.2) is 23.8 Å². The number of nitrogens with one attached hydrogen (secondary N) is 1. The number of amides is 2. The first-order chi connectivity index (χ1) is 17.0. The maximum absolute atomic E-state index is 13.6. The molecule has 2 saturated carbocycles. The molecule has 6 rings (SSSR count). The summed E-state index contributed by atoms with van der Waals surface area (Å²) < 4.78 is 1.81. The van der Waals surface area contributed by atoms with Gasteiger partial charge in [0.05, 0.1) is 11.8 Å². The van der Waals surface area contributed by atoms with Crippen molar-refractivity contribution in [2.75, 3.05) is 25.0 Å². The third kappa shape index (κ3) is 4.93. The summed E-state index contributed by atoms with van der Waals surface area (Å²) in [5.41, 5.74) is 1.25. The number of thiazole rings is 1. The van der Waals surface area contributed by atoms with E-state index in [1.165, 1.54) is 12.8 Å². The van der Waals surface area contributed by atoms with Gasteiger partial charge in [0.2, 0.25) is 5.91 Å². The molecule has 0 unspecified atom stereocenters. The van der Waals surface area contributed by atoms with Crippen molar-refractivity contribution in [2.24, 2.45) is 11.8 Å². The third-order valence-electron chi connectivity index (χ3n) is 7.66. The highest BCUT2D eigenvalue weighted by molar-refractivity contribution is 7.16. The van der Waals surface area contributed by atoms with Crippen LogP contribution in [0.2, 0.25) is 0 Å². The molecule has 1 saturated heterocycles. The van der Waals surface area contributed by atoms with Gasteiger partial charge in [-0.1, -0.05) is 0 Å². The molecule has 11 heteroatoms. The second-order valence-corrected chi connectivity index (χ2v) is 11.1. The first-order valence-electron chi connectivity index (χ1n) is 12.6. The molecule has 192 valence electrons. The van der Waals surface area contributed by atoms with E-state index in [0.29, 0.717) is 36.6 Å². The van der Waals surface area contributed by atoms with E-state index < -0.39 is 0 Å². The molecule has 1 aliphatic heterocycles. The number of aromatic nitrogens is 4. The monoisotopic (exact) mass is 529 g/mol. The molecule has 0 spiro atoms. The van der Waals surface area contributed by atoms with Gasteiger partial charge < -0.3 is 15.1 Å². The molecule has 1 N–H and O–H groups in total. The predicted molar refractivity (Wildman–Crippen MR) is 142 cm³/mol. The molecule has 0 radical (unpaired) electrons. The molecule has 3 fully saturated rings. The summed E-state index contributed by atoms with van der Waals surface area (Å²) in [4.78, 5) is 40.3. The Morgan fingerprint density at radius 1 is 1.14 bits per heavy atom. The van der Waals surface area contributed by atoms with Crippen molar-refractivity contribution in [1.29, 1.82) is 0 Å². The summed E-state index contributed by atoms with van der Waals surface area (Å²) in [6.07, 6.45) is 9.71. The fourth-order valence-electron chi connectivity index (χ4n) is 4.88. The summed E-state index contributed by atoms with van der Waals surface area (Å²) >= 11 is 1.58. The number of carbonyl (C=O) groups is 2.